The van der Waals surface area contributed by atoms with Crippen LogP contribution in [0.15, 0.2) is 6.33 Å². The molecular formula is C26H37N7O6. The van der Waals surface area contributed by atoms with Gasteiger partial charge in [0.1, 0.15) is 23.5 Å². The molecule has 5 N–H and O–H groups in total. The molecule has 13 nitrogen and oxygen atoms in total. The van der Waals surface area contributed by atoms with E-state index < -0.39 is 30.4 Å². The van der Waals surface area contributed by atoms with Gasteiger partial charge < -0.3 is 35.6 Å². The van der Waals surface area contributed by atoms with Gasteiger partial charge in [0.05, 0.1) is 12.9 Å². The lowest BCUT2D eigenvalue weighted by molar-refractivity contribution is -0.137. The summed E-state index contributed by atoms with van der Waals surface area (Å²) >= 11 is 0. The number of nitrogens with one attached hydrogen (secondary N) is 1. The van der Waals surface area contributed by atoms with Gasteiger partial charge in [-0.15, -0.1) is 0 Å². The zero-order valence-corrected chi connectivity index (χ0v) is 21.9. The van der Waals surface area contributed by atoms with Gasteiger partial charge in [-0.1, -0.05) is 12.8 Å². The molecule has 2 saturated carbocycles. The SMILES string of the molecule is Nc1nc(CC2CCN(C(=O)OCC3CCCC3)CC2)nc2c1ncn2[C@@H]1O[C@H](C(=O)NC2CC2)C(O)C1O. The third-order valence-electron chi connectivity index (χ3n) is 8.45. The lowest BCUT2D eigenvalue weighted by Gasteiger charge is -2.31. The molecule has 39 heavy (non-hydrogen) atoms. The van der Waals surface area contributed by atoms with Crippen LogP contribution in [0, 0.1) is 11.8 Å². The molecule has 0 spiro atoms. The number of nitrogens with zero attached hydrogens (tertiary/aromatic N) is 5. The molecule has 2 unspecified atom stereocenters. The number of imidazole rings is 1. The average molecular weight is 544 g/mol. The predicted octanol–water partition coefficient (Wildman–Crippen LogP) is 0.888. The number of hydrogen-bond acceptors (Lipinski definition) is 10. The van der Waals surface area contributed by atoms with Crippen LogP contribution >= 0.6 is 0 Å². The second-order valence-electron chi connectivity index (χ2n) is 11.4. The summed E-state index contributed by atoms with van der Waals surface area (Å²) in [5, 5.41) is 24.0. The van der Waals surface area contributed by atoms with Crippen LogP contribution in [0.4, 0.5) is 10.6 Å². The van der Waals surface area contributed by atoms with E-state index in [0.717, 1.165) is 38.5 Å². The Morgan fingerprint density at radius 1 is 1.05 bits per heavy atom. The Kier molecular flexibility index (Phi) is 7.29. The number of amides is 2. The Morgan fingerprint density at radius 2 is 1.79 bits per heavy atom. The van der Waals surface area contributed by atoms with Gasteiger partial charge in [-0.25, -0.2) is 19.7 Å². The molecule has 0 bridgehead atoms. The predicted molar refractivity (Wildman–Crippen MR) is 138 cm³/mol. The fourth-order valence-corrected chi connectivity index (χ4v) is 5.92. The van der Waals surface area contributed by atoms with E-state index in [-0.39, 0.29) is 23.9 Å². The van der Waals surface area contributed by atoms with Crippen molar-refractivity contribution in [3.05, 3.63) is 12.2 Å². The topological polar surface area (TPSA) is 178 Å². The number of ether oxygens (including phenoxy) is 2. The molecule has 2 amide bonds. The molecule has 2 aromatic rings. The van der Waals surface area contributed by atoms with Gasteiger partial charge in [-0.2, -0.15) is 0 Å². The number of aromatic nitrogens is 4. The molecule has 13 heteroatoms. The molecule has 0 aromatic carbocycles. The number of carbonyl (C=O) groups is 2. The van der Waals surface area contributed by atoms with E-state index in [1.54, 1.807) is 4.90 Å². The molecule has 2 saturated heterocycles. The van der Waals surface area contributed by atoms with Crippen molar-refractivity contribution in [1.29, 1.82) is 0 Å². The van der Waals surface area contributed by atoms with Gasteiger partial charge in [0.25, 0.3) is 5.91 Å². The summed E-state index contributed by atoms with van der Waals surface area (Å²) < 4.78 is 12.9. The minimum Gasteiger partial charge on any atom is -0.449 e. The number of piperidine rings is 1. The summed E-state index contributed by atoms with van der Waals surface area (Å²) in [5.74, 6) is 1.06. The first kappa shape index (κ1) is 26.2. The fraction of sp³-hybridized carbons (Fsp3) is 0.731. The molecule has 212 valence electrons. The number of aliphatic hydroxyl groups excluding tert-OH is 2. The normalized spacial score (nSPS) is 28.3. The molecular weight excluding hydrogens is 506 g/mol. The third kappa shape index (κ3) is 5.52. The fourth-order valence-electron chi connectivity index (χ4n) is 5.92. The first-order valence-corrected chi connectivity index (χ1v) is 14.1. The van der Waals surface area contributed by atoms with Crippen molar-refractivity contribution in [2.75, 3.05) is 25.4 Å². The molecule has 4 atom stereocenters. The number of nitrogen functional groups attached to an aromatic ring is 1. The Morgan fingerprint density at radius 3 is 2.51 bits per heavy atom. The van der Waals surface area contributed by atoms with Crippen LogP contribution in [0.2, 0.25) is 0 Å². The second kappa shape index (κ2) is 10.9. The number of hydrogen-bond donors (Lipinski definition) is 4. The van der Waals surface area contributed by atoms with Gasteiger partial charge in [0.15, 0.2) is 23.8 Å². The number of carbonyl (C=O) groups excluding carboxylic acids is 2. The van der Waals surface area contributed by atoms with Gasteiger partial charge in [0, 0.05) is 25.6 Å². The van der Waals surface area contributed by atoms with Crippen LogP contribution in [0.5, 0.6) is 0 Å². The zero-order chi connectivity index (χ0) is 27.1. The van der Waals surface area contributed by atoms with Gasteiger partial charge in [-0.3, -0.25) is 9.36 Å². The summed E-state index contributed by atoms with van der Waals surface area (Å²) in [4.78, 5) is 40.2. The molecule has 2 aliphatic heterocycles. The summed E-state index contributed by atoms with van der Waals surface area (Å²) in [6.07, 6.45) is 4.90. The van der Waals surface area contributed by atoms with Crippen molar-refractivity contribution in [3.8, 4) is 0 Å². The van der Waals surface area contributed by atoms with E-state index in [4.69, 9.17) is 15.2 Å². The summed E-state index contributed by atoms with van der Waals surface area (Å²) in [7, 11) is 0. The number of fused-ring (bicyclic) bond motifs is 1. The van der Waals surface area contributed by atoms with E-state index in [9.17, 15) is 19.8 Å². The molecule has 2 aliphatic carbocycles. The van der Waals surface area contributed by atoms with Gasteiger partial charge in [0.2, 0.25) is 0 Å². The highest BCUT2D eigenvalue weighted by atomic mass is 16.6. The Labute approximate surface area is 226 Å². The second-order valence-corrected chi connectivity index (χ2v) is 11.4. The average Bonchev–Trinajstić information content (AvgIpc) is 3.28. The smallest absolute Gasteiger partial charge is 0.409 e. The Balaban J connectivity index is 1.09. The number of rotatable bonds is 7. The zero-order valence-electron chi connectivity index (χ0n) is 21.9. The van der Waals surface area contributed by atoms with Crippen molar-refractivity contribution in [2.45, 2.75) is 88.4 Å². The van der Waals surface area contributed by atoms with E-state index in [1.165, 1.54) is 23.7 Å². The number of aliphatic hydroxyl groups is 2. The maximum absolute atomic E-state index is 12.5. The van der Waals surface area contributed by atoms with Crippen LogP contribution < -0.4 is 11.1 Å². The summed E-state index contributed by atoms with van der Waals surface area (Å²) in [6, 6.07) is 0.100. The summed E-state index contributed by atoms with van der Waals surface area (Å²) in [6.45, 7) is 1.75. The number of anilines is 1. The van der Waals surface area contributed by atoms with Crippen molar-refractivity contribution in [3.63, 3.8) is 0 Å². The number of nitrogens with two attached hydrogens (primary N) is 1. The van der Waals surface area contributed by atoms with Crippen LogP contribution in [-0.2, 0) is 20.7 Å². The third-order valence-corrected chi connectivity index (χ3v) is 8.45. The monoisotopic (exact) mass is 543 g/mol. The van der Waals surface area contributed by atoms with Crippen LogP contribution in [-0.4, -0.2) is 90.7 Å². The molecule has 0 radical (unpaired) electrons. The van der Waals surface area contributed by atoms with Crippen molar-refractivity contribution in [2.24, 2.45) is 11.8 Å². The van der Waals surface area contributed by atoms with E-state index in [2.05, 4.69) is 20.3 Å². The summed E-state index contributed by atoms with van der Waals surface area (Å²) in [5.41, 5.74) is 6.93. The lowest BCUT2D eigenvalue weighted by Crippen LogP contribution is -2.43. The van der Waals surface area contributed by atoms with Crippen LogP contribution in [0.3, 0.4) is 0 Å². The molecule has 4 aliphatic rings. The quantitative estimate of drug-likeness (QED) is 0.392. The largest absolute Gasteiger partial charge is 0.449 e. The van der Waals surface area contributed by atoms with Crippen LogP contribution in [0.1, 0.15) is 63.4 Å². The van der Waals surface area contributed by atoms with E-state index in [1.807, 2.05) is 0 Å². The van der Waals surface area contributed by atoms with E-state index >= 15 is 0 Å². The standard InChI is InChI=1S/C26H37N7O6/c27-22-18-23(33(13-28-18)25-20(35)19(34)21(39-25)24(36)29-16-5-6-16)31-17(30-22)11-14-7-9-32(10-8-14)26(37)38-12-15-3-1-2-4-15/h13-16,19-21,25,34-35H,1-12H2,(H,29,36)(H2,27,30,31)/t19?,20?,21-,25+/m0/s1. The van der Waals surface area contributed by atoms with Gasteiger partial charge >= 0.3 is 6.09 Å². The maximum atomic E-state index is 12.5. The maximum Gasteiger partial charge on any atom is 0.409 e. The molecule has 4 heterocycles. The molecule has 4 fully saturated rings. The number of likely N-dealkylation sites (tertiary alicyclic amines) is 1. The van der Waals surface area contributed by atoms with E-state index in [0.29, 0.717) is 49.0 Å². The highest BCUT2D eigenvalue weighted by Gasteiger charge is 2.48. The lowest BCUT2D eigenvalue weighted by atomic mass is 9.93. The Bertz CT molecular complexity index is 1200. The highest BCUT2D eigenvalue weighted by Crippen LogP contribution is 2.33. The molecule has 6 rings (SSSR count). The van der Waals surface area contributed by atoms with Crippen molar-refractivity contribution in [1.82, 2.24) is 29.7 Å². The Hall–Kier alpha value is -3.03. The first-order valence-electron chi connectivity index (χ1n) is 14.1. The van der Waals surface area contributed by atoms with Crippen LogP contribution in [0.25, 0.3) is 11.2 Å². The minimum atomic E-state index is -1.39. The minimum absolute atomic E-state index is 0.100. The highest BCUT2D eigenvalue weighted by molar-refractivity contribution is 5.83. The first-order chi connectivity index (χ1) is 18.9. The molecule has 2 aromatic heterocycles. The van der Waals surface area contributed by atoms with Crippen molar-refractivity contribution >= 4 is 29.0 Å². The van der Waals surface area contributed by atoms with Crippen molar-refractivity contribution < 1.29 is 29.3 Å². The van der Waals surface area contributed by atoms with Gasteiger partial charge in [-0.05, 0) is 50.4 Å².